The van der Waals surface area contributed by atoms with Gasteiger partial charge in [-0.05, 0) is 54.7 Å². The minimum absolute atomic E-state index is 0.0166. The Balaban J connectivity index is 1.39. The van der Waals surface area contributed by atoms with E-state index in [4.69, 9.17) is 35.4 Å². The van der Waals surface area contributed by atoms with Crippen LogP contribution in [0, 0.1) is 5.82 Å². The van der Waals surface area contributed by atoms with Crippen molar-refractivity contribution in [2.45, 2.75) is 11.4 Å². The number of anilines is 3. The van der Waals surface area contributed by atoms with Crippen molar-refractivity contribution in [3.05, 3.63) is 88.5 Å². The number of aromatic nitrogens is 4. The maximum atomic E-state index is 14.1. The highest BCUT2D eigenvalue weighted by Crippen LogP contribution is 2.24. The third-order valence-electron chi connectivity index (χ3n) is 4.54. The van der Waals surface area contributed by atoms with Gasteiger partial charge in [-0.1, -0.05) is 29.3 Å². The summed E-state index contributed by atoms with van der Waals surface area (Å²) in [6.07, 6.45) is 4.37. The Hall–Kier alpha value is -3.32. The van der Waals surface area contributed by atoms with Crippen LogP contribution in [0.4, 0.5) is 21.8 Å². The first-order chi connectivity index (χ1) is 16.7. The van der Waals surface area contributed by atoms with Gasteiger partial charge in [-0.3, -0.25) is 4.68 Å². The van der Waals surface area contributed by atoms with Crippen molar-refractivity contribution >= 4 is 68.0 Å². The Kier molecular flexibility index (Phi) is 7.45. The fourth-order valence-corrected chi connectivity index (χ4v) is 4.52. The SMILES string of the molecule is O=S(=O)(Nc1ncccn1)c1ccc(NC(=S)Nc2nn(Cc3c(F)cccc3Cl)cc2Cl)cc1. The summed E-state index contributed by atoms with van der Waals surface area (Å²) in [5.74, 6) is -0.232. The molecular formula is C21H16Cl2FN7O2S2. The Bertz CT molecular complexity index is 1450. The predicted octanol–water partition coefficient (Wildman–Crippen LogP) is 4.78. The second kappa shape index (κ2) is 10.5. The minimum atomic E-state index is -3.86. The van der Waals surface area contributed by atoms with Gasteiger partial charge in [0.15, 0.2) is 10.9 Å². The Morgan fingerprint density at radius 3 is 2.40 bits per heavy atom. The summed E-state index contributed by atoms with van der Waals surface area (Å²) < 4.78 is 42.7. The van der Waals surface area contributed by atoms with Crippen LogP contribution in [-0.2, 0) is 16.6 Å². The van der Waals surface area contributed by atoms with E-state index >= 15 is 0 Å². The van der Waals surface area contributed by atoms with Crippen LogP contribution in [0.25, 0.3) is 0 Å². The maximum absolute atomic E-state index is 14.1. The lowest BCUT2D eigenvalue weighted by Gasteiger charge is -2.10. The molecule has 2 aromatic carbocycles. The van der Waals surface area contributed by atoms with Crippen molar-refractivity contribution in [1.82, 2.24) is 19.7 Å². The highest BCUT2D eigenvalue weighted by Gasteiger charge is 2.16. The molecule has 0 saturated heterocycles. The van der Waals surface area contributed by atoms with E-state index in [2.05, 4.69) is 30.4 Å². The van der Waals surface area contributed by atoms with Gasteiger partial charge in [-0.25, -0.2) is 27.5 Å². The third-order valence-corrected chi connectivity index (χ3v) is 6.72. The molecule has 180 valence electrons. The highest BCUT2D eigenvalue weighted by molar-refractivity contribution is 7.92. The van der Waals surface area contributed by atoms with E-state index < -0.39 is 15.8 Å². The number of hydrogen-bond acceptors (Lipinski definition) is 6. The number of benzene rings is 2. The van der Waals surface area contributed by atoms with Gasteiger partial charge >= 0.3 is 0 Å². The fraction of sp³-hybridized carbons (Fsp3) is 0.0476. The number of halogens is 3. The largest absolute Gasteiger partial charge is 0.332 e. The van der Waals surface area contributed by atoms with Gasteiger partial charge < -0.3 is 10.6 Å². The number of nitrogens with one attached hydrogen (secondary N) is 3. The molecule has 35 heavy (non-hydrogen) atoms. The number of hydrogen-bond donors (Lipinski definition) is 3. The summed E-state index contributed by atoms with van der Waals surface area (Å²) in [6, 6.07) is 11.9. The molecule has 3 N–H and O–H groups in total. The van der Waals surface area contributed by atoms with E-state index in [1.54, 1.807) is 12.1 Å². The predicted molar refractivity (Wildman–Crippen MR) is 137 cm³/mol. The molecule has 2 aromatic heterocycles. The second-order valence-electron chi connectivity index (χ2n) is 7.00. The molecule has 0 atom stereocenters. The van der Waals surface area contributed by atoms with Gasteiger partial charge in [0, 0.05) is 34.9 Å². The fourth-order valence-electron chi connectivity index (χ4n) is 2.93. The molecule has 0 amide bonds. The minimum Gasteiger partial charge on any atom is -0.332 e. The van der Waals surface area contributed by atoms with Crippen molar-refractivity contribution in [3.63, 3.8) is 0 Å². The third kappa shape index (κ3) is 6.22. The Morgan fingerprint density at radius 2 is 1.71 bits per heavy atom. The Labute approximate surface area is 215 Å². The van der Waals surface area contributed by atoms with Gasteiger partial charge in [-0.2, -0.15) is 5.10 Å². The van der Waals surface area contributed by atoms with Gasteiger partial charge in [0.2, 0.25) is 5.95 Å². The molecule has 0 spiro atoms. The quantitative estimate of drug-likeness (QED) is 0.281. The molecule has 4 aromatic rings. The summed E-state index contributed by atoms with van der Waals surface area (Å²) in [6.45, 7) is 0.0745. The lowest BCUT2D eigenvalue weighted by atomic mass is 10.2. The molecule has 0 radical (unpaired) electrons. The molecule has 0 saturated carbocycles. The summed E-state index contributed by atoms with van der Waals surface area (Å²) in [7, 11) is -3.86. The monoisotopic (exact) mass is 551 g/mol. The zero-order valence-corrected chi connectivity index (χ0v) is 20.8. The van der Waals surface area contributed by atoms with Crippen LogP contribution in [0.1, 0.15) is 5.56 Å². The summed E-state index contributed by atoms with van der Waals surface area (Å²) in [5, 5.41) is 10.7. The number of nitrogens with zero attached hydrogens (tertiary/aromatic N) is 4. The van der Waals surface area contributed by atoms with Crippen LogP contribution in [0.3, 0.4) is 0 Å². The highest BCUT2D eigenvalue weighted by atomic mass is 35.5. The van der Waals surface area contributed by atoms with Crippen molar-refractivity contribution in [3.8, 4) is 0 Å². The van der Waals surface area contributed by atoms with Crippen LogP contribution in [0.2, 0.25) is 10.0 Å². The van der Waals surface area contributed by atoms with Crippen LogP contribution >= 0.6 is 35.4 Å². The molecule has 0 aliphatic rings. The smallest absolute Gasteiger partial charge is 0.264 e. The van der Waals surface area contributed by atoms with Crippen LogP contribution in [0.5, 0.6) is 0 Å². The summed E-state index contributed by atoms with van der Waals surface area (Å²) in [4.78, 5) is 7.71. The second-order valence-corrected chi connectivity index (χ2v) is 9.91. The number of rotatable bonds is 7. The maximum Gasteiger partial charge on any atom is 0.264 e. The molecule has 2 heterocycles. The van der Waals surface area contributed by atoms with Crippen LogP contribution in [0.15, 0.2) is 72.0 Å². The molecule has 0 aliphatic heterocycles. The van der Waals surface area contributed by atoms with E-state index in [0.717, 1.165) is 0 Å². The zero-order chi connectivity index (χ0) is 25.0. The molecule has 0 fully saturated rings. The molecule has 0 aliphatic carbocycles. The molecule has 9 nitrogen and oxygen atoms in total. The molecule has 0 bridgehead atoms. The van der Waals surface area contributed by atoms with Gasteiger partial charge in [0.05, 0.1) is 11.4 Å². The summed E-state index contributed by atoms with van der Waals surface area (Å²) >= 11 is 17.6. The van der Waals surface area contributed by atoms with E-state index in [1.807, 2.05) is 0 Å². The normalized spacial score (nSPS) is 11.2. The average Bonchev–Trinajstić information content (AvgIpc) is 3.15. The van der Waals surface area contributed by atoms with E-state index in [-0.39, 0.29) is 43.9 Å². The molecule has 4 rings (SSSR count). The zero-order valence-electron chi connectivity index (χ0n) is 17.6. The first-order valence-electron chi connectivity index (χ1n) is 9.85. The molecule has 0 unspecified atom stereocenters. The van der Waals surface area contributed by atoms with Crippen molar-refractivity contribution < 1.29 is 12.8 Å². The topological polar surface area (TPSA) is 114 Å². The standard InChI is InChI=1S/C21H16Cl2FN7O2S2/c22-16-3-1-4-18(24)15(16)11-31-12-17(23)19(29-31)28-21(34)27-13-5-7-14(8-6-13)35(32,33)30-20-25-9-2-10-26-20/h1-10,12H,11H2,(H,25,26,30)(H2,27,28,29,34). The van der Waals surface area contributed by atoms with E-state index in [9.17, 15) is 12.8 Å². The van der Waals surface area contributed by atoms with Crippen LogP contribution in [-0.4, -0.2) is 33.3 Å². The lowest BCUT2D eigenvalue weighted by Crippen LogP contribution is -2.20. The first kappa shape index (κ1) is 24.8. The van der Waals surface area contributed by atoms with Crippen molar-refractivity contribution in [2.75, 3.05) is 15.4 Å². The van der Waals surface area contributed by atoms with Crippen LogP contribution < -0.4 is 15.4 Å². The first-order valence-corrected chi connectivity index (χ1v) is 12.5. The van der Waals surface area contributed by atoms with Gasteiger partial charge in [-0.15, -0.1) is 0 Å². The van der Waals surface area contributed by atoms with Gasteiger partial charge in [0.25, 0.3) is 10.0 Å². The van der Waals surface area contributed by atoms with Crippen molar-refractivity contribution in [2.24, 2.45) is 0 Å². The lowest BCUT2D eigenvalue weighted by molar-refractivity contribution is 0.586. The summed E-state index contributed by atoms with van der Waals surface area (Å²) in [5.41, 5.74) is 0.801. The molecular weight excluding hydrogens is 536 g/mol. The van der Waals surface area contributed by atoms with Crippen molar-refractivity contribution in [1.29, 1.82) is 0 Å². The molecule has 14 heteroatoms. The number of thiocarbonyl (C=S) groups is 1. The van der Waals surface area contributed by atoms with Gasteiger partial charge in [0.1, 0.15) is 10.8 Å². The van der Waals surface area contributed by atoms with E-state index in [1.165, 1.54) is 59.7 Å². The van der Waals surface area contributed by atoms with E-state index in [0.29, 0.717) is 5.69 Å². The average molecular weight is 552 g/mol. The number of sulfonamides is 1. The Morgan fingerprint density at radius 1 is 1.00 bits per heavy atom.